The maximum Gasteiger partial charge on any atom is 0.514 e. The number of benzene rings is 3. The maximum atomic E-state index is 12.5. The topological polar surface area (TPSA) is 99.5 Å². The molecule has 0 aliphatic rings. The van der Waals surface area contributed by atoms with Crippen LogP contribution in [0.4, 0.5) is 10.5 Å². The first-order valence-electron chi connectivity index (χ1n) is 14.0. The van der Waals surface area contributed by atoms with Gasteiger partial charge in [0.2, 0.25) is 10.0 Å². The number of sulfonamides is 1. The van der Waals surface area contributed by atoms with Gasteiger partial charge in [-0.05, 0) is 76.4 Å². The van der Waals surface area contributed by atoms with Crippen molar-refractivity contribution in [1.29, 1.82) is 0 Å². The first-order valence-corrected chi connectivity index (χ1v) is 15.5. The summed E-state index contributed by atoms with van der Waals surface area (Å²) in [5, 5.41) is -0.540. The fourth-order valence-electron chi connectivity index (χ4n) is 4.35. The lowest BCUT2D eigenvalue weighted by Crippen LogP contribution is -2.26. The number of unbranched alkanes of at least 4 members (excludes halogenated alkanes) is 1. The SMILES string of the molecule is CCCCc1nc2ccc(NS(=O)(=O)C(C)C)cc2n1Cc1ccc(-c2ccccc2OC(=O)OC(C)(C)C)cc1. The van der Waals surface area contributed by atoms with Crippen molar-refractivity contribution in [2.75, 3.05) is 4.72 Å². The van der Waals surface area contributed by atoms with Crippen molar-refractivity contribution >= 4 is 32.9 Å². The van der Waals surface area contributed by atoms with Crippen molar-refractivity contribution in [3.05, 3.63) is 78.1 Å². The third kappa shape index (κ3) is 7.67. The fraction of sp³-hybridized carbons (Fsp3) is 0.375. The van der Waals surface area contributed by atoms with Gasteiger partial charge >= 0.3 is 6.16 Å². The minimum Gasteiger partial charge on any atom is -0.428 e. The molecular formula is C32H39N3O5S. The van der Waals surface area contributed by atoms with Crippen LogP contribution in [0.1, 0.15) is 65.8 Å². The van der Waals surface area contributed by atoms with Gasteiger partial charge in [-0.1, -0.05) is 55.8 Å². The van der Waals surface area contributed by atoms with Crippen LogP contribution in [-0.4, -0.2) is 35.0 Å². The average molecular weight is 578 g/mol. The number of ether oxygens (including phenoxy) is 2. The number of nitrogens with zero attached hydrogens (tertiary/aromatic N) is 2. The Bertz CT molecular complexity index is 1620. The molecule has 41 heavy (non-hydrogen) atoms. The molecule has 0 spiro atoms. The highest BCUT2D eigenvalue weighted by atomic mass is 32.2. The molecule has 218 valence electrons. The quantitative estimate of drug-likeness (QED) is 0.154. The Balaban J connectivity index is 1.63. The zero-order valence-electron chi connectivity index (χ0n) is 24.6. The van der Waals surface area contributed by atoms with E-state index in [4.69, 9.17) is 14.5 Å². The molecule has 0 saturated carbocycles. The summed E-state index contributed by atoms with van der Waals surface area (Å²) in [5.41, 5.74) is 4.31. The summed E-state index contributed by atoms with van der Waals surface area (Å²) in [7, 11) is -3.47. The summed E-state index contributed by atoms with van der Waals surface area (Å²) in [6, 6.07) is 20.9. The van der Waals surface area contributed by atoms with Gasteiger partial charge in [0.1, 0.15) is 17.2 Å². The summed E-state index contributed by atoms with van der Waals surface area (Å²) >= 11 is 0. The van der Waals surface area contributed by atoms with Crippen molar-refractivity contribution in [1.82, 2.24) is 9.55 Å². The number of imidazole rings is 1. The van der Waals surface area contributed by atoms with E-state index in [1.165, 1.54) is 0 Å². The van der Waals surface area contributed by atoms with Crippen molar-refractivity contribution in [3.8, 4) is 16.9 Å². The van der Waals surface area contributed by atoms with E-state index < -0.39 is 27.0 Å². The largest absolute Gasteiger partial charge is 0.514 e. The number of carbonyl (C=O) groups excluding carboxylic acids is 1. The normalized spacial score (nSPS) is 12.1. The van der Waals surface area contributed by atoms with Crippen molar-refractivity contribution in [3.63, 3.8) is 0 Å². The van der Waals surface area contributed by atoms with Gasteiger partial charge in [0, 0.05) is 18.5 Å². The molecule has 0 unspecified atom stereocenters. The van der Waals surface area contributed by atoms with Gasteiger partial charge < -0.3 is 14.0 Å². The lowest BCUT2D eigenvalue weighted by atomic mass is 10.0. The highest BCUT2D eigenvalue weighted by molar-refractivity contribution is 7.93. The van der Waals surface area contributed by atoms with E-state index in [-0.39, 0.29) is 0 Å². The molecule has 0 aliphatic heterocycles. The Morgan fingerprint density at radius 3 is 2.39 bits per heavy atom. The van der Waals surface area contributed by atoms with E-state index in [1.807, 2.05) is 54.6 Å². The molecular weight excluding hydrogens is 538 g/mol. The van der Waals surface area contributed by atoms with Gasteiger partial charge in [0.05, 0.1) is 22.0 Å². The smallest absolute Gasteiger partial charge is 0.428 e. The summed E-state index contributed by atoms with van der Waals surface area (Å²) in [6.45, 7) is 11.4. The van der Waals surface area contributed by atoms with Crippen molar-refractivity contribution in [2.45, 2.75) is 78.2 Å². The Hall–Kier alpha value is -3.85. The number of rotatable bonds is 10. The van der Waals surface area contributed by atoms with Crippen LogP contribution in [0.25, 0.3) is 22.2 Å². The number of fused-ring (bicyclic) bond motifs is 1. The summed E-state index contributed by atoms with van der Waals surface area (Å²) in [5.74, 6) is 1.39. The Labute approximate surface area is 242 Å². The number of aromatic nitrogens is 2. The summed E-state index contributed by atoms with van der Waals surface area (Å²) in [4.78, 5) is 17.2. The zero-order chi connectivity index (χ0) is 29.8. The number of hydrogen-bond donors (Lipinski definition) is 1. The van der Waals surface area contributed by atoms with Gasteiger partial charge in [-0.25, -0.2) is 18.2 Å². The predicted octanol–water partition coefficient (Wildman–Crippen LogP) is 7.56. The molecule has 4 aromatic rings. The van der Waals surface area contributed by atoms with E-state index in [2.05, 4.69) is 16.2 Å². The van der Waals surface area contributed by atoms with Crippen LogP contribution in [0.3, 0.4) is 0 Å². The van der Waals surface area contributed by atoms with Gasteiger partial charge in [-0.3, -0.25) is 4.72 Å². The van der Waals surface area contributed by atoms with E-state index >= 15 is 0 Å². The minimum absolute atomic E-state index is 0.424. The second-order valence-corrected chi connectivity index (χ2v) is 13.6. The number of para-hydroxylation sites is 1. The van der Waals surface area contributed by atoms with Gasteiger partial charge in [0.25, 0.3) is 0 Å². The standard InChI is InChI=1S/C32H39N3O5S/c1-7-8-13-30-33-27-19-18-25(34-41(37,38)22(2)3)20-28(27)35(30)21-23-14-16-24(17-15-23)26-11-9-10-12-29(26)39-31(36)40-32(4,5)6/h9-12,14-20,22,34H,7-8,13,21H2,1-6H3. The molecule has 0 amide bonds. The number of nitrogens with one attached hydrogen (secondary N) is 1. The molecule has 9 heteroatoms. The molecule has 1 aromatic heterocycles. The van der Waals surface area contributed by atoms with Gasteiger partial charge in [-0.15, -0.1) is 0 Å². The third-order valence-corrected chi connectivity index (χ3v) is 8.30. The highest BCUT2D eigenvalue weighted by Gasteiger charge is 2.20. The minimum atomic E-state index is -3.47. The maximum absolute atomic E-state index is 12.5. The van der Waals surface area contributed by atoms with E-state index in [9.17, 15) is 13.2 Å². The first kappa shape index (κ1) is 30.1. The molecule has 1 heterocycles. The Morgan fingerprint density at radius 1 is 1.02 bits per heavy atom. The first-order chi connectivity index (χ1) is 19.4. The van der Waals surface area contributed by atoms with Crippen molar-refractivity contribution < 1.29 is 22.7 Å². The molecule has 1 N–H and O–H groups in total. The summed E-state index contributed by atoms with van der Waals surface area (Å²) < 4.78 is 40.7. The van der Waals surface area contributed by atoms with Gasteiger partial charge in [-0.2, -0.15) is 0 Å². The second-order valence-electron chi connectivity index (χ2n) is 11.4. The van der Waals surface area contributed by atoms with E-state index in [0.29, 0.717) is 18.0 Å². The molecule has 0 fully saturated rings. The van der Waals surface area contributed by atoms with Gasteiger partial charge in [0.15, 0.2) is 0 Å². The van der Waals surface area contributed by atoms with Crippen molar-refractivity contribution in [2.24, 2.45) is 0 Å². The van der Waals surface area contributed by atoms with Crippen LogP contribution in [-0.2, 0) is 27.7 Å². The monoisotopic (exact) mass is 577 g/mol. The number of anilines is 1. The summed E-state index contributed by atoms with van der Waals surface area (Å²) in [6.07, 6.45) is 2.13. The zero-order valence-corrected chi connectivity index (χ0v) is 25.4. The van der Waals surface area contributed by atoms with Crippen LogP contribution in [0.5, 0.6) is 5.75 Å². The fourth-order valence-corrected chi connectivity index (χ4v) is 5.04. The van der Waals surface area contributed by atoms with Crippen LogP contribution in [0.2, 0.25) is 0 Å². The Kier molecular flexibility index (Phi) is 9.07. The average Bonchev–Trinajstić information content (AvgIpc) is 3.23. The number of carbonyl (C=O) groups is 1. The molecule has 0 aliphatic carbocycles. The molecule has 0 radical (unpaired) electrons. The van der Waals surface area contributed by atoms with E-state index in [1.54, 1.807) is 46.8 Å². The molecule has 8 nitrogen and oxygen atoms in total. The molecule has 3 aromatic carbocycles. The molecule has 0 bridgehead atoms. The number of aryl methyl sites for hydroxylation is 1. The molecule has 4 rings (SSSR count). The van der Waals surface area contributed by atoms with Crippen LogP contribution < -0.4 is 9.46 Å². The van der Waals surface area contributed by atoms with E-state index in [0.717, 1.165) is 52.8 Å². The van der Waals surface area contributed by atoms with Crippen LogP contribution in [0, 0.1) is 0 Å². The molecule has 0 saturated heterocycles. The lowest BCUT2D eigenvalue weighted by molar-refractivity contribution is 0.0207. The third-order valence-electron chi connectivity index (χ3n) is 6.54. The lowest BCUT2D eigenvalue weighted by Gasteiger charge is -2.19. The van der Waals surface area contributed by atoms with Crippen LogP contribution in [0.15, 0.2) is 66.7 Å². The molecule has 0 atom stereocenters. The van der Waals surface area contributed by atoms with Crippen LogP contribution >= 0.6 is 0 Å². The second kappa shape index (κ2) is 12.3. The number of hydrogen-bond acceptors (Lipinski definition) is 6. The Morgan fingerprint density at radius 2 is 1.73 bits per heavy atom. The predicted molar refractivity (Wildman–Crippen MR) is 164 cm³/mol. The highest BCUT2D eigenvalue weighted by Crippen LogP contribution is 2.31.